The highest BCUT2D eigenvalue weighted by molar-refractivity contribution is 5.80. The van der Waals surface area contributed by atoms with E-state index in [1.807, 2.05) is 25.1 Å². The summed E-state index contributed by atoms with van der Waals surface area (Å²) in [6.07, 6.45) is 1.75. The van der Waals surface area contributed by atoms with E-state index in [0.717, 1.165) is 38.4 Å². The third kappa shape index (κ3) is 5.72. The van der Waals surface area contributed by atoms with E-state index in [2.05, 4.69) is 26.5 Å². The summed E-state index contributed by atoms with van der Waals surface area (Å²) in [6.45, 7) is 6.89. The van der Waals surface area contributed by atoms with Crippen molar-refractivity contribution >= 4 is 17.7 Å². The summed E-state index contributed by atoms with van der Waals surface area (Å²) >= 11 is 0. The number of pyridine rings is 1. The van der Waals surface area contributed by atoms with Gasteiger partial charge >= 0.3 is 0 Å². The average Bonchev–Trinajstić information content (AvgIpc) is 2.62. The van der Waals surface area contributed by atoms with Gasteiger partial charge < -0.3 is 15.2 Å². The fourth-order valence-electron chi connectivity index (χ4n) is 2.68. The summed E-state index contributed by atoms with van der Waals surface area (Å²) in [4.78, 5) is 6.70. The van der Waals surface area contributed by atoms with Gasteiger partial charge in [-0.15, -0.1) is 0 Å². The van der Waals surface area contributed by atoms with E-state index in [0.29, 0.717) is 24.0 Å². The maximum Gasteiger partial charge on any atom is 0.217 e. The van der Waals surface area contributed by atoms with Crippen LogP contribution >= 0.6 is 0 Å². The lowest BCUT2D eigenvalue weighted by Gasteiger charge is -2.26. The molecule has 3 N–H and O–H groups in total. The molecule has 1 aromatic carbocycles. The van der Waals surface area contributed by atoms with Gasteiger partial charge in [-0.25, -0.2) is 0 Å². The van der Waals surface area contributed by atoms with Crippen LogP contribution < -0.4 is 15.9 Å². The van der Waals surface area contributed by atoms with E-state index in [4.69, 9.17) is 15.2 Å². The molecular formula is C19H25N5O2. The SMILES string of the molecule is Cc1cccc(/C=N/Nc2cc(N)cc(OCCN3CCOCC3)n2)c1. The highest BCUT2D eigenvalue weighted by atomic mass is 16.5. The Bertz CT molecular complexity index is 744. The molecule has 1 aromatic heterocycles. The minimum absolute atomic E-state index is 0.492. The van der Waals surface area contributed by atoms with Crippen LogP contribution in [0.2, 0.25) is 0 Å². The van der Waals surface area contributed by atoms with E-state index in [-0.39, 0.29) is 0 Å². The van der Waals surface area contributed by atoms with Crippen molar-refractivity contribution in [1.82, 2.24) is 9.88 Å². The normalized spacial score (nSPS) is 15.3. The zero-order valence-corrected chi connectivity index (χ0v) is 15.0. The van der Waals surface area contributed by atoms with Gasteiger partial charge in [-0.2, -0.15) is 10.1 Å². The van der Waals surface area contributed by atoms with E-state index >= 15 is 0 Å². The number of morpholine rings is 1. The van der Waals surface area contributed by atoms with Crippen molar-refractivity contribution in [2.24, 2.45) is 5.10 Å². The Morgan fingerprint density at radius 1 is 1.31 bits per heavy atom. The van der Waals surface area contributed by atoms with Gasteiger partial charge in [-0.05, 0) is 12.5 Å². The summed E-state index contributed by atoms with van der Waals surface area (Å²) in [7, 11) is 0. The first-order valence-electron chi connectivity index (χ1n) is 8.75. The number of anilines is 2. The van der Waals surface area contributed by atoms with Crippen LogP contribution in [-0.4, -0.2) is 55.6 Å². The fraction of sp³-hybridized carbons (Fsp3) is 0.368. The summed E-state index contributed by atoms with van der Waals surface area (Å²) in [5.41, 5.74) is 11.6. The van der Waals surface area contributed by atoms with Crippen LogP contribution in [0.3, 0.4) is 0 Å². The van der Waals surface area contributed by atoms with Crippen LogP contribution in [0, 0.1) is 6.92 Å². The van der Waals surface area contributed by atoms with E-state index in [1.165, 1.54) is 5.56 Å². The summed E-state index contributed by atoms with van der Waals surface area (Å²) in [5.74, 6) is 1.04. The zero-order chi connectivity index (χ0) is 18.2. The standard InChI is InChI=1S/C19H25N5O2/c1-15-3-2-4-16(11-15)14-21-23-18-12-17(20)13-19(22-18)26-10-7-24-5-8-25-9-6-24/h2-4,11-14H,5-10H2,1H3,(H3,20,22,23)/b21-14+. The van der Waals surface area contributed by atoms with Gasteiger partial charge in [0.2, 0.25) is 5.88 Å². The molecule has 7 heteroatoms. The minimum Gasteiger partial charge on any atom is -0.476 e. The first kappa shape index (κ1) is 18.2. The van der Waals surface area contributed by atoms with Crippen molar-refractivity contribution in [1.29, 1.82) is 0 Å². The predicted octanol–water partition coefficient (Wildman–Crippen LogP) is 2.13. The van der Waals surface area contributed by atoms with Gasteiger partial charge in [0.25, 0.3) is 0 Å². The van der Waals surface area contributed by atoms with Crippen molar-refractivity contribution < 1.29 is 9.47 Å². The zero-order valence-electron chi connectivity index (χ0n) is 15.0. The highest BCUT2D eigenvalue weighted by Crippen LogP contribution is 2.18. The van der Waals surface area contributed by atoms with Crippen LogP contribution in [0.1, 0.15) is 11.1 Å². The third-order valence-corrected chi connectivity index (χ3v) is 4.02. The topological polar surface area (TPSA) is 85.0 Å². The van der Waals surface area contributed by atoms with Crippen molar-refractivity contribution in [3.05, 3.63) is 47.5 Å². The number of rotatable bonds is 7. The quantitative estimate of drug-likeness (QED) is 0.585. The van der Waals surface area contributed by atoms with E-state index < -0.39 is 0 Å². The molecule has 3 rings (SSSR count). The van der Waals surface area contributed by atoms with Crippen molar-refractivity contribution in [3.63, 3.8) is 0 Å². The van der Waals surface area contributed by atoms with Crippen LogP contribution in [0.5, 0.6) is 5.88 Å². The van der Waals surface area contributed by atoms with Crippen molar-refractivity contribution in [2.75, 3.05) is 50.6 Å². The number of hydrogen-bond donors (Lipinski definition) is 2. The van der Waals surface area contributed by atoms with Gasteiger partial charge in [-0.1, -0.05) is 29.8 Å². The second-order valence-corrected chi connectivity index (χ2v) is 6.21. The molecule has 0 amide bonds. The maximum absolute atomic E-state index is 5.94. The van der Waals surface area contributed by atoms with E-state index in [1.54, 1.807) is 18.3 Å². The molecule has 26 heavy (non-hydrogen) atoms. The lowest BCUT2D eigenvalue weighted by atomic mass is 10.2. The molecule has 1 fully saturated rings. The molecule has 1 aliphatic rings. The molecular weight excluding hydrogens is 330 g/mol. The lowest BCUT2D eigenvalue weighted by Crippen LogP contribution is -2.38. The van der Waals surface area contributed by atoms with Crippen LogP contribution in [-0.2, 0) is 4.74 Å². The molecule has 1 saturated heterocycles. The molecule has 2 heterocycles. The molecule has 0 bridgehead atoms. The molecule has 0 spiro atoms. The fourth-order valence-corrected chi connectivity index (χ4v) is 2.68. The Morgan fingerprint density at radius 2 is 2.15 bits per heavy atom. The molecule has 0 saturated carbocycles. The molecule has 138 valence electrons. The Kier molecular flexibility index (Phi) is 6.40. The largest absolute Gasteiger partial charge is 0.476 e. The number of benzene rings is 1. The molecule has 0 radical (unpaired) electrons. The molecule has 2 aromatic rings. The smallest absolute Gasteiger partial charge is 0.217 e. The molecule has 0 atom stereocenters. The Balaban J connectivity index is 1.53. The number of hydrazone groups is 1. The van der Waals surface area contributed by atoms with Crippen LogP contribution in [0.4, 0.5) is 11.5 Å². The van der Waals surface area contributed by atoms with Crippen LogP contribution in [0.15, 0.2) is 41.5 Å². The maximum atomic E-state index is 5.94. The minimum atomic E-state index is 0.492. The Labute approximate surface area is 153 Å². The number of nitrogen functional groups attached to an aromatic ring is 1. The second-order valence-electron chi connectivity index (χ2n) is 6.21. The molecule has 1 aliphatic heterocycles. The first-order valence-corrected chi connectivity index (χ1v) is 8.75. The monoisotopic (exact) mass is 355 g/mol. The second kappa shape index (κ2) is 9.17. The molecule has 0 aliphatic carbocycles. The number of aryl methyl sites for hydroxylation is 1. The van der Waals surface area contributed by atoms with Gasteiger partial charge in [0, 0.05) is 37.5 Å². The van der Waals surface area contributed by atoms with E-state index in [9.17, 15) is 0 Å². The van der Waals surface area contributed by atoms with Gasteiger partial charge in [-0.3, -0.25) is 10.3 Å². The van der Waals surface area contributed by atoms with Gasteiger partial charge in [0.1, 0.15) is 6.61 Å². The van der Waals surface area contributed by atoms with Crippen molar-refractivity contribution in [2.45, 2.75) is 6.92 Å². The van der Waals surface area contributed by atoms with Crippen LogP contribution in [0.25, 0.3) is 0 Å². The average molecular weight is 355 g/mol. The summed E-state index contributed by atoms with van der Waals surface area (Å²) in [5, 5.41) is 4.22. The molecule has 7 nitrogen and oxygen atoms in total. The molecule has 0 unspecified atom stereocenters. The lowest BCUT2D eigenvalue weighted by molar-refractivity contribution is 0.0320. The number of aromatic nitrogens is 1. The van der Waals surface area contributed by atoms with Gasteiger partial charge in [0.05, 0.1) is 19.4 Å². The first-order chi connectivity index (χ1) is 12.7. The number of nitrogens with two attached hydrogens (primary N) is 1. The summed E-state index contributed by atoms with van der Waals surface area (Å²) in [6, 6.07) is 11.5. The van der Waals surface area contributed by atoms with Crippen molar-refractivity contribution in [3.8, 4) is 5.88 Å². The van der Waals surface area contributed by atoms with Gasteiger partial charge in [0.15, 0.2) is 5.82 Å². The highest BCUT2D eigenvalue weighted by Gasteiger charge is 2.10. The number of hydrogen-bond acceptors (Lipinski definition) is 7. The summed E-state index contributed by atoms with van der Waals surface area (Å²) < 4.78 is 11.1. The number of ether oxygens (including phenoxy) is 2. The number of nitrogens with zero attached hydrogens (tertiary/aromatic N) is 3. The predicted molar refractivity (Wildman–Crippen MR) is 104 cm³/mol. The third-order valence-electron chi connectivity index (χ3n) is 4.02. The Morgan fingerprint density at radius 3 is 2.96 bits per heavy atom. The number of nitrogens with one attached hydrogen (secondary N) is 1. The Hall–Kier alpha value is -2.64.